The van der Waals surface area contributed by atoms with Crippen molar-refractivity contribution in [1.82, 2.24) is 15.0 Å². The first-order valence-electron chi connectivity index (χ1n) is 6.81. The van der Waals surface area contributed by atoms with E-state index in [0.29, 0.717) is 16.1 Å². The Labute approximate surface area is 137 Å². The van der Waals surface area contributed by atoms with E-state index in [2.05, 4.69) is 19.9 Å². The van der Waals surface area contributed by atoms with Crippen LogP contribution in [-0.2, 0) is 0 Å². The van der Waals surface area contributed by atoms with Crippen LogP contribution >= 0.6 is 35.0 Å². The van der Waals surface area contributed by atoms with Crippen LogP contribution in [0.2, 0.25) is 10.3 Å². The van der Waals surface area contributed by atoms with E-state index in [1.807, 2.05) is 24.3 Å². The highest BCUT2D eigenvalue weighted by atomic mass is 35.5. The quantitative estimate of drug-likeness (QED) is 0.832. The lowest BCUT2D eigenvalue weighted by Crippen LogP contribution is -2.31. The Bertz CT molecular complexity index is 632. The SMILES string of the molecule is Clc1nc(Sc2ccccc2Cl)nc(N2CCCCC2)n1. The van der Waals surface area contributed by atoms with Crippen molar-refractivity contribution in [3.8, 4) is 0 Å². The van der Waals surface area contributed by atoms with E-state index in [9.17, 15) is 0 Å². The molecule has 7 heteroatoms. The largest absolute Gasteiger partial charge is 0.341 e. The summed E-state index contributed by atoms with van der Waals surface area (Å²) in [5.74, 6) is 0.657. The van der Waals surface area contributed by atoms with Gasteiger partial charge in [-0.1, -0.05) is 23.7 Å². The first-order valence-corrected chi connectivity index (χ1v) is 8.38. The number of hydrogen-bond donors (Lipinski definition) is 0. The second-order valence-electron chi connectivity index (χ2n) is 4.77. The zero-order chi connectivity index (χ0) is 14.7. The predicted molar refractivity (Wildman–Crippen MR) is 86.5 cm³/mol. The molecule has 1 aliphatic rings. The molecule has 1 fully saturated rings. The van der Waals surface area contributed by atoms with Gasteiger partial charge in [0.15, 0.2) is 5.16 Å². The summed E-state index contributed by atoms with van der Waals surface area (Å²) in [4.78, 5) is 16.0. The minimum atomic E-state index is 0.222. The second kappa shape index (κ2) is 6.81. The smallest absolute Gasteiger partial charge is 0.230 e. The highest BCUT2D eigenvalue weighted by Crippen LogP contribution is 2.32. The molecule has 2 heterocycles. The van der Waals surface area contributed by atoms with Crippen LogP contribution in [0.5, 0.6) is 0 Å². The maximum Gasteiger partial charge on any atom is 0.230 e. The van der Waals surface area contributed by atoms with Gasteiger partial charge in [0.05, 0.1) is 5.02 Å². The van der Waals surface area contributed by atoms with E-state index in [1.54, 1.807) is 0 Å². The van der Waals surface area contributed by atoms with Crippen molar-refractivity contribution in [2.75, 3.05) is 18.0 Å². The van der Waals surface area contributed by atoms with Crippen LogP contribution in [0.4, 0.5) is 5.95 Å². The Morgan fingerprint density at radius 3 is 2.48 bits per heavy atom. The molecule has 1 aromatic heterocycles. The monoisotopic (exact) mass is 340 g/mol. The van der Waals surface area contributed by atoms with Gasteiger partial charge in [-0.05, 0) is 54.8 Å². The average molecular weight is 341 g/mol. The Hall–Kier alpha value is -1.04. The fourth-order valence-corrected chi connectivity index (χ4v) is 3.45. The van der Waals surface area contributed by atoms with E-state index in [1.165, 1.54) is 18.2 Å². The normalized spacial score (nSPS) is 15.2. The van der Waals surface area contributed by atoms with Crippen LogP contribution < -0.4 is 4.90 Å². The predicted octanol–water partition coefficient (Wildman–Crippen LogP) is 4.32. The Kier molecular flexibility index (Phi) is 4.83. The molecule has 110 valence electrons. The third kappa shape index (κ3) is 3.78. The van der Waals surface area contributed by atoms with Gasteiger partial charge in [0.1, 0.15) is 0 Å². The number of hydrogen-bond acceptors (Lipinski definition) is 5. The van der Waals surface area contributed by atoms with E-state index < -0.39 is 0 Å². The molecule has 1 saturated heterocycles. The van der Waals surface area contributed by atoms with Crippen molar-refractivity contribution < 1.29 is 0 Å². The van der Waals surface area contributed by atoms with Gasteiger partial charge >= 0.3 is 0 Å². The van der Waals surface area contributed by atoms with Gasteiger partial charge in [-0.3, -0.25) is 0 Å². The lowest BCUT2D eigenvalue weighted by Gasteiger charge is -2.26. The van der Waals surface area contributed by atoms with Crippen molar-refractivity contribution >= 4 is 40.9 Å². The zero-order valence-corrected chi connectivity index (χ0v) is 13.6. The Morgan fingerprint density at radius 1 is 0.952 bits per heavy atom. The first kappa shape index (κ1) is 14.9. The molecule has 0 amide bonds. The molecule has 0 atom stereocenters. The number of halogens is 2. The number of piperidine rings is 1. The van der Waals surface area contributed by atoms with Gasteiger partial charge in [-0.2, -0.15) is 15.0 Å². The summed E-state index contributed by atoms with van der Waals surface area (Å²) in [7, 11) is 0. The third-order valence-corrected chi connectivity index (χ3v) is 4.80. The molecule has 0 radical (unpaired) electrons. The third-order valence-electron chi connectivity index (χ3n) is 3.25. The van der Waals surface area contributed by atoms with Crippen molar-refractivity contribution in [2.24, 2.45) is 0 Å². The second-order valence-corrected chi connectivity index (χ2v) is 6.52. The molecule has 1 aliphatic heterocycles. The van der Waals surface area contributed by atoms with Crippen LogP contribution in [0.15, 0.2) is 34.3 Å². The molecule has 3 rings (SSSR count). The molecular formula is C14H14Cl2N4S. The van der Waals surface area contributed by atoms with E-state index in [4.69, 9.17) is 23.2 Å². The summed E-state index contributed by atoms with van der Waals surface area (Å²) in [6.07, 6.45) is 3.59. The van der Waals surface area contributed by atoms with Crippen LogP contribution in [0, 0.1) is 0 Å². The molecule has 0 N–H and O–H groups in total. The van der Waals surface area contributed by atoms with Crippen molar-refractivity contribution in [2.45, 2.75) is 29.3 Å². The Morgan fingerprint density at radius 2 is 1.71 bits per heavy atom. The molecule has 2 aromatic rings. The summed E-state index contributed by atoms with van der Waals surface area (Å²) >= 11 is 13.6. The standard InChI is InChI=1S/C14H14Cl2N4S/c15-10-6-2-3-7-11(10)21-14-18-12(16)17-13(19-14)20-8-4-1-5-9-20/h2-3,6-7H,1,4-5,8-9H2. The molecule has 0 bridgehead atoms. The van der Waals surface area contributed by atoms with Crippen molar-refractivity contribution in [3.05, 3.63) is 34.6 Å². The highest BCUT2D eigenvalue weighted by molar-refractivity contribution is 7.99. The summed E-state index contributed by atoms with van der Waals surface area (Å²) in [5, 5.41) is 1.47. The highest BCUT2D eigenvalue weighted by Gasteiger charge is 2.16. The minimum absolute atomic E-state index is 0.222. The Balaban J connectivity index is 1.85. The fraction of sp³-hybridized carbons (Fsp3) is 0.357. The van der Waals surface area contributed by atoms with Crippen LogP contribution in [0.1, 0.15) is 19.3 Å². The summed E-state index contributed by atoms with van der Waals surface area (Å²) in [5.41, 5.74) is 0. The van der Waals surface area contributed by atoms with Gasteiger partial charge in [-0.25, -0.2) is 0 Å². The molecule has 0 spiro atoms. The molecular weight excluding hydrogens is 327 g/mol. The lowest BCUT2D eigenvalue weighted by atomic mass is 10.1. The molecule has 0 saturated carbocycles. The van der Waals surface area contributed by atoms with E-state index >= 15 is 0 Å². The van der Waals surface area contributed by atoms with E-state index in [0.717, 1.165) is 30.8 Å². The van der Waals surface area contributed by atoms with Gasteiger partial charge in [0.2, 0.25) is 11.2 Å². The number of nitrogens with zero attached hydrogens (tertiary/aromatic N) is 4. The van der Waals surface area contributed by atoms with Gasteiger partial charge in [0, 0.05) is 18.0 Å². The maximum atomic E-state index is 6.17. The number of aromatic nitrogens is 3. The number of benzene rings is 1. The van der Waals surface area contributed by atoms with Gasteiger partial charge < -0.3 is 4.90 Å². The fourth-order valence-electron chi connectivity index (χ4n) is 2.23. The maximum absolute atomic E-state index is 6.17. The molecule has 0 aliphatic carbocycles. The van der Waals surface area contributed by atoms with Crippen molar-refractivity contribution in [3.63, 3.8) is 0 Å². The first-order chi connectivity index (χ1) is 10.2. The number of anilines is 1. The molecule has 1 aromatic carbocycles. The number of rotatable bonds is 3. The van der Waals surface area contributed by atoms with Gasteiger partial charge in [0.25, 0.3) is 0 Å². The van der Waals surface area contributed by atoms with Crippen molar-refractivity contribution in [1.29, 1.82) is 0 Å². The van der Waals surface area contributed by atoms with E-state index in [-0.39, 0.29) is 5.28 Å². The topological polar surface area (TPSA) is 41.9 Å². The molecule has 0 unspecified atom stereocenters. The van der Waals surface area contributed by atoms with Gasteiger partial charge in [-0.15, -0.1) is 0 Å². The summed E-state index contributed by atoms with van der Waals surface area (Å²) in [6, 6.07) is 7.61. The van der Waals surface area contributed by atoms with Crippen LogP contribution in [0.25, 0.3) is 0 Å². The zero-order valence-electron chi connectivity index (χ0n) is 11.3. The molecule has 21 heavy (non-hydrogen) atoms. The molecule has 4 nitrogen and oxygen atoms in total. The average Bonchev–Trinajstić information content (AvgIpc) is 2.50. The minimum Gasteiger partial charge on any atom is -0.341 e. The summed E-state index contributed by atoms with van der Waals surface area (Å²) < 4.78 is 0. The van der Waals surface area contributed by atoms with Crippen LogP contribution in [0.3, 0.4) is 0 Å². The lowest BCUT2D eigenvalue weighted by molar-refractivity contribution is 0.564. The summed E-state index contributed by atoms with van der Waals surface area (Å²) in [6.45, 7) is 1.94. The van der Waals surface area contributed by atoms with Crippen LogP contribution in [-0.4, -0.2) is 28.0 Å².